The van der Waals surface area contributed by atoms with Crippen LogP contribution in [0.1, 0.15) is 226 Å². The fourth-order valence-corrected chi connectivity index (χ4v) is 6.97. The van der Waals surface area contributed by atoms with Crippen LogP contribution in [0.3, 0.4) is 0 Å². The predicted octanol–water partition coefficient (Wildman–Crippen LogP) is 18.6. The van der Waals surface area contributed by atoms with Crippen LogP contribution in [0.4, 0.5) is 0 Å². The molecule has 1 atom stereocenters. The molecule has 0 spiro atoms. The molecule has 0 heterocycles. The number of carbonyl (C=O) groups is 3. The van der Waals surface area contributed by atoms with E-state index in [0.717, 1.165) is 128 Å². The van der Waals surface area contributed by atoms with Crippen molar-refractivity contribution < 1.29 is 28.6 Å². The summed E-state index contributed by atoms with van der Waals surface area (Å²) in [5.74, 6) is -1.05. The first kappa shape index (κ1) is 64.5. The Bertz CT molecular complexity index is 1510. The second kappa shape index (κ2) is 56.1. The second-order valence-corrected chi connectivity index (χ2v) is 17.7. The molecular formula is C63H100O6. The number of unbranched alkanes of at least 4 members (excludes halogenated alkanes) is 15. The quantitative estimate of drug-likeness (QED) is 0.0262. The summed E-state index contributed by atoms with van der Waals surface area (Å²) in [7, 11) is 0. The summed E-state index contributed by atoms with van der Waals surface area (Å²) in [5, 5.41) is 0. The lowest BCUT2D eigenvalue weighted by atomic mass is 10.1. The third-order valence-corrected chi connectivity index (χ3v) is 11.1. The monoisotopic (exact) mass is 953 g/mol. The highest BCUT2D eigenvalue weighted by molar-refractivity contribution is 5.71. The molecule has 6 nitrogen and oxygen atoms in total. The van der Waals surface area contributed by atoms with Gasteiger partial charge in [-0.25, -0.2) is 0 Å². The first-order valence-electron chi connectivity index (χ1n) is 27.7. The largest absolute Gasteiger partial charge is 0.462 e. The van der Waals surface area contributed by atoms with Crippen molar-refractivity contribution in [2.45, 2.75) is 232 Å². The summed E-state index contributed by atoms with van der Waals surface area (Å²) in [6.45, 7) is 6.36. The first-order chi connectivity index (χ1) is 34.0. The summed E-state index contributed by atoms with van der Waals surface area (Å²) in [5.41, 5.74) is 0. The Morgan fingerprint density at radius 1 is 0.304 bits per heavy atom. The van der Waals surface area contributed by atoms with Crippen LogP contribution >= 0.6 is 0 Å². The average Bonchev–Trinajstić information content (AvgIpc) is 3.35. The molecule has 0 saturated carbocycles. The Kier molecular flexibility index (Phi) is 52.5. The molecule has 0 fully saturated rings. The maximum absolute atomic E-state index is 12.8. The molecule has 0 N–H and O–H groups in total. The molecule has 0 unspecified atom stereocenters. The summed E-state index contributed by atoms with van der Waals surface area (Å²) < 4.78 is 16.7. The van der Waals surface area contributed by atoms with Gasteiger partial charge < -0.3 is 14.2 Å². The Labute approximate surface area is 424 Å². The van der Waals surface area contributed by atoms with Crippen LogP contribution in [-0.4, -0.2) is 37.2 Å². The van der Waals surface area contributed by atoms with E-state index in [9.17, 15) is 14.4 Å². The second-order valence-electron chi connectivity index (χ2n) is 17.7. The number of hydrogen-bond donors (Lipinski definition) is 0. The molecule has 0 rings (SSSR count). The van der Waals surface area contributed by atoms with Gasteiger partial charge >= 0.3 is 17.9 Å². The average molecular weight is 953 g/mol. The van der Waals surface area contributed by atoms with Crippen LogP contribution < -0.4 is 0 Å². The maximum Gasteiger partial charge on any atom is 0.306 e. The SMILES string of the molecule is CC/C=C\C/C=C\C/C=C\C/C=C\CCCCCCC(=O)O[C@H](COC(=O)CC/C=C\C/C=C\C/C=C\C/C=C\C/C=C\CCCCC)COC(=O)CCCCCCC/C=C\C/C=C\CCCCC. The van der Waals surface area contributed by atoms with E-state index in [-0.39, 0.29) is 44.0 Å². The van der Waals surface area contributed by atoms with Crippen molar-refractivity contribution in [2.24, 2.45) is 0 Å². The highest BCUT2D eigenvalue weighted by Gasteiger charge is 2.19. The van der Waals surface area contributed by atoms with E-state index in [4.69, 9.17) is 14.2 Å². The van der Waals surface area contributed by atoms with Gasteiger partial charge in [-0.2, -0.15) is 0 Å². The normalized spacial score (nSPS) is 13.1. The summed E-state index contributed by atoms with van der Waals surface area (Å²) in [6.07, 6.45) is 78.7. The number of carbonyl (C=O) groups excluding carboxylic acids is 3. The number of rotatable bonds is 48. The maximum atomic E-state index is 12.8. The van der Waals surface area contributed by atoms with Crippen molar-refractivity contribution >= 4 is 17.9 Å². The third-order valence-electron chi connectivity index (χ3n) is 11.1. The van der Waals surface area contributed by atoms with Crippen LogP contribution in [0, 0.1) is 0 Å². The van der Waals surface area contributed by atoms with Gasteiger partial charge in [-0.05, 0) is 128 Å². The van der Waals surface area contributed by atoms with E-state index in [1.165, 1.54) is 51.4 Å². The highest BCUT2D eigenvalue weighted by Crippen LogP contribution is 2.12. The Morgan fingerprint density at radius 3 is 0.971 bits per heavy atom. The van der Waals surface area contributed by atoms with Crippen molar-refractivity contribution in [2.75, 3.05) is 13.2 Å². The van der Waals surface area contributed by atoms with Gasteiger partial charge in [-0.15, -0.1) is 0 Å². The molecule has 0 aliphatic carbocycles. The minimum absolute atomic E-state index is 0.123. The fraction of sp³-hybridized carbons (Fsp3) is 0.603. The lowest BCUT2D eigenvalue weighted by molar-refractivity contribution is -0.166. The Hall–Kier alpha value is -4.45. The highest BCUT2D eigenvalue weighted by atomic mass is 16.6. The molecule has 0 aromatic carbocycles. The van der Waals surface area contributed by atoms with Gasteiger partial charge in [-0.3, -0.25) is 14.4 Å². The van der Waals surface area contributed by atoms with Gasteiger partial charge in [-0.1, -0.05) is 212 Å². The molecule has 69 heavy (non-hydrogen) atoms. The van der Waals surface area contributed by atoms with E-state index in [0.29, 0.717) is 12.8 Å². The summed E-state index contributed by atoms with van der Waals surface area (Å²) in [6, 6.07) is 0. The van der Waals surface area contributed by atoms with E-state index < -0.39 is 6.10 Å². The van der Waals surface area contributed by atoms with Crippen molar-refractivity contribution in [3.8, 4) is 0 Å². The lowest BCUT2D eigenvalue weighted by Crippen LogP contribution is -2.30. The van der Waals surface area contributed by atoms with Gasteiger partial charge in [0.05, 0.1) is 0 Å². The summed E-state index contributed by atoms with van der Waals surface area (Å²) >= 11 is 0. The fourth-order valence-electron chi connectivity index (χ4n) is 6.97. The minimum Gasteiger partial charge on any atom is -0.462 e. The van der Waals surface area contributed by atoms with Crippen LogP contribution in [0.15, 0.2) is 134 Å². The molecule has 6 heteroatoms. The smallest absolute Gasteiger partial charge is 0.306 e. The van der Waals surface area contributed by atoms with E-state index in [1.54, 1.807) is 0 Å². The standard InChI is InChI=1S/C63H100O6/c1-4-7-10-13-16-19-22-25-28-30-31-33-35-38-41-44-47-50-53-56-62(65)68-59-60(58-67-61(64)55-52-49-46-43-40-37-34-27-24-21-18-15-12-9-6-3)69-63(66)57-54-51-48-45-42-39-36-32-29-26-23-20-17-14-11-8-5-2/h8,11,16-21,25-29,31,33-34,36,38-39,41,47,50,60H,4-7,9-10,12-15,22-24,30,32,35,37,40,42-46,48-49,51-59H2,1-3H3/b11-8-,19-16-,20-17-,21-18-,28-25-,29-26-,33-31-,34-27-,39-36-,41-38-,50-47-/t60-/m0/s1. The molecule has 0 aliphatic heterocycles. The summed E-state index contributed by atoms with van der Waals surface area (Å²) in [4.78, 5) is 38.1. The van der Waals surface area contributed by atoms with E-state index >= 15 is 0 Å². The molecule has 0 bridgehead atoms. The zero-order chi connectivity index (χ0) is 50.0. The van der Waals surface area contributed by atoms with E-state index in [2.05, 4.69) is 148 Å². The Morgan fingerprint density at radius 2 is 0.594 bits per heavy atom. The van der Waals surface area contributed by atoms with Crippen LogP contribution in [-0.2, 0) is 28.6 Å². The van der Waals surface area contributed by atoms with Gasteiger partial charge in [0, 0.05) is 19.3 Å². The van der Waals surface area contributed by atoms with Crippen molar-refractivity contribution in [3.05, 3.63) is 134 Å². The Balaban J connectivity index is 4.59. The van der Waals surface area contributed by atoms with Crippen molar-refractivity contribution in [3.63, 3.8) is 0 Å². The predicted molar refractivity (Wildman–Crippen MR) is 297 cm³/mol. The molecule has 0 aromatic rings. The van der Waals surface area contributed by atoms with Crippen LogP contribution in [0.5, 0.6) is 0 Å². The zero-order valence-electron chi connectivity index (χ0n) is 44.3. The molecule has 0 radical (unpaired) electrons. The number of hydrogen-bond acceptors (Lipinski definition) is 6. The van der Waals surface area contributed by atoms with Gasteiger partial charge in [0.2, 0.25) is 0 Å². The molecule has 0 amide bonds. The van der Waals surface area contributed by atoms with Crippen molar-refractivity contribution in [1.29, 1.82) is 0 Å². The molecule has 0 aliphatic rings. The zero-order valence-corrected chi connectivity index (χ0v) is 44.3. The van der Waals surface area contributed by atoms with Gasteiger partial charge in [0.25, 0.3) is 0 Å². The van der Waals surface area contributed by atoms with Gasteiger partial charge in [0.15, 0.2) is 6.10 Å². The molecule has 388 valence electrons. The molecule has 0 saturated heterocycles. The number of ether oxygens (including phenoxy) is 3. The van der Waals surface area contributed by atoms with Gasteiger partial charge in [0.1, 0.15) is 13.2 Å². The number of allylic oxidation sites excluding steroid dienone is 22. The molecule has 0 aromatic heterocycles. The molecular weight excluding hydrogens is 853 g/mol. The third kappa shape index (κ3) is 54.4. The first-order valence-corrected chi connectivity index (χ1v) is 27.7. The topological polar surface area (TPSA) is 78.9 Å². The van der Waals surface area contributed by atoms with Crippen LogP contribution in [0.25, 0.3) is 0 Å². The lowest BCUT2D eigenvalue weighted by Gasteiger charge is -2.18. The van der Waals surface area contributed by atoms with Crippen LogP contribution in [0.2, 0.25) is 0 Å². The number of esters is 3. The minimum atomic E-state index is -0.832. The van der Waals surface area contributed by atoms with Crippen molar-refractivity contribution in [1.82, 2.24) is 0 Å². The van der Waals surface area contributed by atoms with E-state index in [1.807, 2.05) is 6.08 Å².